The van der Waals surface area contributed by atoms with Crippen LogP contribution in [0.2, 0.25) is 0 Å². The summed E-state index contributed by atoms with van der Waals surface area (Å²) in [7, 11) is 0. The topological polar surface area (TPSA) is 40.5 Å². The Labute approximate surface area is 117 Å². The summed E-state index contributed by atoms with van der Waals surface area (Å²) < 4.78 is 26.0. The monoisotopic (exact) mass is 283 g/mol. The van der Waals surface area contributed by atoms with Crippen LogP contribution < -0.4 is 0 Å². The number of halogens is 2. The number of aliphatic hydroxyl groups excluding tert-OH is 1. The van der Waals surface area contributed by atoms with Crippen molar-refractivity contribution < 1.29 is 18.7 Å². The van der Waals surface area contributed by atoms with E-state index in [2.05, 4.69) is 4.90 Å². The molecule has 0 aromatic heterocycles. The minimum atomic E-state index is -0.992. The molecule has 1 fully saturated rings. The van der Waals surface area contributed by atoms with Gasteiger partial charge in [0.1, 0.15) is 0 Å². The smallest absolute Gasteiger partial charge is 0.176 e. The SMILES string of the molecule is O=C(CN1CCCC1CCCO)c1ccc(F)c(F)c1. The molecule has 1 N–H and O–H groups in total. The molecule has 3 nitrogen and oxygen atoms in total. The van der Waals surface area contributed by atoms with Crippen LogP contribution in [0.1, 0.15) is 36.0 Å². The quantitative estimate of drug-likeness (QED) is 0.815. The minimum Gasteiger partial charge on any atom is -0.396 e. The number of rotatable bonds is 6. The Kier molecular flexibility index (Phi) is 5.20. The molecule has 20 heavy (non-hydrogen) atoms. The van der Waals surface area contributed by atoms with E-state index in [0.717, 1.165) is 44.4 Å². The molecule has 1 aromatic carbocycles. The van der Waals surface area contributed by atoms with Crippen LogP contribution in [0, 0.1) is 11.6 Å². The lowest BCUT2D eigenvalue weighted by molar-refractivity contribution is 0.0915. The highest BCUT2D eigenvalue weighted by molar-refractivity contribution is 5.97. The molecule has 2 rings (SSSR count). The molecule has 5 heteroatoms. The van der Waals surface area contributed by atoms with E-state index in [9.17, 15) is 13.6 Å². The number of benzene rings is 1. The lowest BCUT2D eigenvalue weighted by Crippen LogP contribution is -2.34. The van der Waals surface area contributed by atoms with E-state index in [1.807, 2.05) is 0 Å². The van der Waals surface area contributed by atoms with Crippen LogP contribution in [0.5, 0.6) is 0 Å². The zero-order valence-electron chi connectivity index (χ0n) is 11.3. The molecular weight excluding hydrogens is 264 g/mol. The standard InChI is InChI=1S/C15H19F2NO2/c16-13-6-5-11(9-14(13)17)15(20)10-18-7-1-3-12(18)4-2-8-19/h5-6,9,12,19H,1-4,7-8,10H2. The van der Waals surface area contributed by atoms with Crippen molar-refractivity contribution >= 4 is 5.78 Å². The molecule has 0 saturated carbocycles. The van der Waals surface area contributed by atoms with Gasteiger partial charge in [0.15, 0.2) is 17.4 Å². The first-order chi connectivity index (χ1) is 9.61. The van der Waals surface area contributed by atoms with Crippen LogP contribution >= 0.6 is 0 Å². The lowest BCUT2D eigenvalue weighted by Gasteiger charge is -2.23. The van der Waals surface area contributed by atoms with E-state index in [4.69, 9.17) is 5.11 Å². The van der Waals surface area contributed by atoms with Crippen molar-refractivity contribution in [1.82, 2.24) is 4.90 Å². The molecule has 1 saturated heterocycles. The summed E-state index contributed by atoms with van der Waals surface area (Å²) in [5.41, 5.74) is 0.205. The molecule has 1 atom stereocenters. The summed E-state index contributed by atoms with van der Waals surface area (Å²) in [6, 6.07) is 3.56. The maximum Gasteiger partial charge on any atom is 0.176 e. The number of Topliss-reactive ketones (excluding diaryl/α,β-unsaturated/α-hetero) is 1. The van der Waals surface area contributed by atoms with Crippen LogP contribution in [0.15, 0.2) is 18.2 Å². The van der Waals surface area contributed by atoms with Gasteiger partial charge in [-0.1, -0.05) is 0 Å². The number of likely N-dealkylation sites (tertiary alicyclic amines) is 1. The molecular formula is C15H19F2NO2. The molecule has 0 aliphatic carbocycles. The second-order valence-electron chi connectivity index (χ2n) is 5.18. The lowest BCUT2D eigenvalue weighted by atomic mass is 10.1. The van der Waals surface area contributed by atoms with E-state index < -0.39 is 11.6 Å². The first-order valence-corrected chi connectivity index (χ1v) is 6.95. The predicted molar refractivity (Wildman–Crippen MR) is 71.6 cm³/mol. The Hall–Kier alpha value is -1.33. The number of hydrogen-bond donors (Lipinski definition) is 1. The number of carbonyl (C=O) groups is 1. The summed E-state index contributed by atoms with van der Waals surface area (Å²) in [5.74, 6) is -2.13. The molecule has 0 spiro atoms. The number of hydrogen-bond acceptors (Lipinski definition) is 3. The zero-order chi connectivity index (χ0) is 14.5. The average Bonchev–Trinajstić information content (AvgIpc) is 2.86. The van der Waals surface area contributed by atoms with Crippen molar-refractivity contribution in [1.29, 1.82) is 0 Å². The van der Waals surface area contributed by atoms with E-state index in [0.29, 0.717) is 6.04 Å². The molecule has 1 unspecified atom stereocenters. The van der Waals surface area contributed by atoms with Gasteiger partial charge >= 0.3 is 0 Å². The molecule has 1 aromatic rings. The van der Waals surface area contributed by atoms with Gasteiger partial charge in [-0.25, -0.2) is 8.78 Å². The maximum absolute atomic E-state index is 13.1. The summed E-state index contributed by atoms with van der Waals surface area (Å²) in [4.78, 5) is 14.2. The number of ketones is 1. The van der Waals surface area contributed by atoms with Gasteiger partial charge < -0.3 is 5.11 Å². The summed E-state index contributed by atoms with van der Waals surface area (Å²) in [5, 5.41) is 8.87. The van der Waals surface area contributed by atoms with Crippen molar-refractivity contribution in [2.24, 2.45) is 0 Å². The maximum atomic E-state index is 13.1. The Morgan fingerprint density at radius 1 is 1.35 bits per heavy atom. The molecule has 0 amide bonds. The van der Waals surface area contributed by atoms with Crippen molar-refractivity contribution in [3.8, 4) is 0 Å². The second kappa shape index (κ2) is 6.90. The fraction of sp³-hybridized carbons (Fsp3) is 0.533. The Morgan fingerprint density at radius 2 is 2.15 bits per heavy atom. The van der Waals surface area contributed by atoms with Gasteiger partial charge in [-0.05, 0) is 50.4 Å². The van der Waals surface area contributed by atoms with E-state index in [-0.39, 0.29) is 24.5 Å². The Morgan fingerprint density at radius 3 is 2.85 bits per heavy atom. The van der Waals surface area contributed by atoms with Gasteiger partial charge in [-0.3, -0.25) is 9.69 Å². The summed E-state index contributed by atoms with van der Waals surface area (Å²) in [6.07, 6.45) is 3.63. The third-order valence-corrected chi connectivity index (χ3v) is 3.78. The van der Waals surface area contributed by atoms with E-state index in [1.165, 1.54) is 6.07 Å². The van der Waals surface area contributed by atoms with E-state index in [1.54, 1.807) is 0 Å². The molecule has 0 radical (unpaired) electrons. The third kappa shape index (κ3) is 3.61. The number of carbonyl (C=O) groups excluding carboxylic acids is 1. The van der Waals surface area contributed by atoms with Gasteiger partial charge in [0.2, 0.25) is 0 Å². The summed E-state index contributed by atoms with van der Waals surface area (Å²) in [6.45, 7) is 1.22. The first kappa shape index (κ1) is 15.1. The fourth-order valence-electron chi connectivity index (χ4n) is 2.70. The Balaban J connectivity index is 1.97. The number of aliphatic hydroxyl groups is 1. The van der Waals surface area contributed by atoms with Crippen molar-refractivity contribution in [2.45, 2.75) is 31.7 Å². The molecule has 1 heterocycles. The van der Waals surface area contributed by atoms with Gasteiger partial charge in [0.05, 0.1) is 6.54 Å². The van der Waals surface area contributed by atoms with Gasteiger partial charge in [-0.2, -0.15) is 0 Å². The van der Waals surface area contributed by atoms with Crippen LogP contribution in [0.3, 0.4) is 0 Å². The largest absolute Gasteiger partial charge is 0.396 e. The predicted octanol–water partition coefficient (Wildman–Crippen LogP) is 2.38. The van der Waals surface area contributed by atoms with Crippen LogP contribution in [0.25, 0.3) is 0 Å². The molecule has 0 bridgehead atoms. The van der Waals surface area contributed by atoms with Gasteiger partial charge in [0, 0.05) is 18.2 Å². The molecule has 1 aliphatic heterocycles. The van der Waals surface area contributed by atoms with Crippen molar-refractivity contribution in [3.05, 3.63) is 35.4 Å². The molecule has 1 aliphatic rings. The Bertz CT molecular complexity index is 479. The van der Waals surface area contributed by atoms with E-state index >= 15 is 0 Å². The summed E-state index contributed by atoms with van der Waals surface area (Å²) >= 11 is 0. The number of nitrogens with zero attached hydrogens (tertiary/aromatic N) is 1. The highest BCUT2D eigenvalue weighted by atomic mass is 19.2. The van der Waals surface area contributed by atoms with Crippen LogP contribution in [-0.4, -0.2) is 41.5 Å². The van der Waals surface area contributed by atoms with Gasteiger partial charge in [0.25, 0.3) is 0 Å². The minimum absolute atomic E-state index is 0.154. The van der Waals surface area contributed by atoms with Crippen LogP contribution in [-0.2, 0) is 0 Å². The van der Waals surface area contributed by atoms with Crippen molar-refractivity contribution in [3.63, 3.8) is 0 Å². The third-order valence-electron chi connectivity index (χ3n) is 3.78. The first-order valence-electron chi connectivity index (χ1n) is 6.95. The second-order valence-corrected chi connectivity index (χ2v) is 5.18. The highest BCUT2D eigenvalue weighted by Gasteiger charge is 2.26. The van der Waals surface area contributed by atoms with Gasteiger partial charge in [-0.15, -0.1) is 0 Å². The normalized spacial score (nSPS) is 19.4. The van der Waals surface area contributed by atoms with Crippen molar-refractivity contribution in [2.75, 3.05) is 19.7 Å². The average molecular weight is 283 g/mol. The molecule has 110 valence electrons. The zero-order valence-corrected chi connectivity index (χ0v) is 11.3. The highest BCUT2D eigenvalue weighted by Crippen LogP contribution is 2.21. The fourth-order valence-corrected chi connectivity index (χ4v) is 2.70. The van der Waals surface area contributed by atoms with Crippen LogP contribution in [0.4, 0.5) is 8.78 Å².